The Morgan fingerprint density at radius 1 is 0.448 bits per heavy atom. The van der Waals surface area contributed by atoms with E-state index in [2.05, 4.69) is 100 Å². The van der Waals surface area contributed by atoms with Crippen LogP contribution in [-0.4, -0.2) is 0 Å². The number of fused-ring (bicyclic) bond motifs is 9. The lowest BCUT2D eigenvalue weighted by Crippen LogP contribution is -2.54. The second-order valence-corrected chi connectivity index (χ2v) is 9.54. The quantitative estimate of drug-likeness (QED) is 0.455. The van der Waals surface area contributed by atoms with E-state index in [0.29, 0.717) is 0 Å². The molecule has 0 atom stereocenters. The largest absolute Gasteiger partial charge is 0.0642 e. The maximum atomic E-state index is 2.66. The van der Waals surface area contributed by atoms with Gasteiger partial charge in [-0.1, -0.05) is 100 Å². The second kappa shape index (κ2) is 5.22. The summed E-state index contributed by atoms with van der Waals surface area (Å²) in [5.74, 6) is 0. The molecule has 3 aromatic rings. The Morgan fingerprint density at radius 2 is 0.655 bits per heavy atom. The first kappa shape index (κ1) is 17.5. The lowest BCUT2D eigenvalue weighted by molar-refractivity contribution is 0.0628. The van der Waals surface area contributed by atoms with Gasteiger partial charge in [-0.3, -0.25) is 0 Å². The highest BCUT2D eigenvalue weighted by atomic mass is 14.8. The normalized spacial score (nSPS) is 35.2. The third-order valence-electron chi connectivity index (χ3n) is 9.69. The number of hydrogen-bond acceptors (Lipinski definition) is 0. The lowest BCUT2D eigenvalue weighted by atomic mass is 9.48. The molecule has 0 nitrogen and oxygen atoms in total. The van der Waals surface area contributed by atoms with E-state index < -0.39 is 0 Å². The molecule has 0 aliphatic heterocycles. The summed E-state index contributed by atoms with van der Waals surface area (Å²) in [5.41, 5.74) is 9.80. The van der Waals surface area contributed by atoms with Crippen LogP contribution in [0.3, 0.4) is 0 Å². The Hall–Kier alpha value is -2.34. The van der Waals surface area contributed by atoms with E-state index in [1.807, 2.05) is 0 Å². The third kappa shape index (κ3) is 1.36. The van der Waals surface area contributed by atoms with Gasteiger partial charge < -0.3 is 0 Å². The monoisotopic (exact) mass is 378 g/mol. The van der Waals surface area contributed by atoms with Gasteiger partial charge in [-0.05, 0) is 52.6 Å². The molecule has 3 aliphatic rings. The van der Waals surface area contributed by atoms with Crippen LogP contribution in [0.15, 0.2) is 72.8 Å². The summed E-state index contributed by atoms with van der Waals surface area (Å²) in [5, 5.41) is 0. The van der Waals surface area contributed by atoms with E-state index >= 15 is 0 Å². The van der Waals surface area contributed by atoms with Crippen LogP contribution in [-0.2, 0) is 16.2 Å². The van der Waals surface area contributed by atoms with Gasteiger partial charge >= 0.3 is 0 Å². The van der Waals surface area contributed by atoms with Crippen LogP contribution in [0.4, 0.5) is 0 Å². The molecule has 0 heterocycles. The fourth-order valence-electron chi connectivity index (χ4n) is 9.03. The van der Waals surface area contributed by atoms with Gasteiger partial charge in [0.05, 0.1) is 0 Å². The van der Waals surface area contributed by atoms with Crippen molar-refractivity contribution < 1.29 is 0 Å². The van der Waals surface area contributed by atoms with E-state index in [4.69, 9.17) is 0 Å². The van der Waals surface area contributed by atoms with Gasteiger partial charge in [-0.25, -0.2) is 0 Å². The van der Waals surface area contributed by atoms with Gasteiger partial charge in [-0.2, -0.15) is 0 Å². The van der Waals surface area contributed by atoms with E-state index in [0.717, 1.165) is 19.3 Å². The highest BCUT2D eigenvalue weighted by Crippen LogP contribution is 2.84. The SMILES string of the molecule is CCC12c3ccccc3C3(CC)c4ccccc4C(CC)(c4ccccc41)C23C. The minimum atomic E-state index is 0.0607. The maximum absolute atomic E-state index is 2.66. The predicted octanol–water partition coefficient (Wildman–Crippen LogP) is 7.12. The Bertz CT molecular complexity index is 935. The summed E-state index contributed by atoms with van der Waals surface area (Å²) in [4.78, 5) is 0. The summed E-state index contributed by atoms with van der Waals surface area (Å²) in [7, 11) is 0. The van der Waals surface area contributed by atoms with Crippen molar-refractivity contribution in [2.75, 3.05) is 0 Å². The summed E-state index contributed by atoms with van der Waals surface area (Å²) in [6.45, 7) is 9.95. The minimum absolute atomic E-state index is 0.0607. The van der Waals surface area contributed by atoms with Crippen LogP contribution in [0, 0.1) is 5.41 Å². The van der Waals surface area contributed by atoms with Crippen LogP contribution < -0.4 is 0 Å². The number of rotatable bonds is 3. The molecule has 0 radical (unpaired) electrons. The van der Waals surface area contributed by atoms with Crippen molar-refractivity contribution in [3.63, 3.8) is 0 Å². The molecule has 29 heavy (non-hydrogen) atoms. The Morgan fingerprint density at radius 3 is 0.828 bits per heavy atom. The Balaban J connectivity index is 1.95. The fraction of sp³-hybridized carbons (Fsp3) is 0.379. The van der Waals surface area contributed by atoms with Crippen molar-refractivity contribution in [2.24, 2.45) is 5.41 Å². The summed E-state index contributed by atoms with van der Waals surface area (Å²) in [6.07, 6.45) is 3.44. The van der Waals surface area contributed by atoms with Gasteiger partial charge in [0.15, 0.2) is 0 Å². The first-order valence-electron chi connectivity index (χ1n) is 11.4. The standard InChI is InChI=1S/C29H30/c1-5-27-20-14-8-10-16-22(20)28(6-2)24-18-12-13-19-25(24)29(7-3,26(27,28)4)23-17-11-9-15-21(23)27/h8-19H,5-7H2,1-4H3. The highest BCUT2D eigenvalue weighted by molar-refractivity contribution is 5.77. The van der Waals surface area contributed by atoms with Crippen molar-refractivity contribution in [1.82, 2.24) is 0 Å². The molecular formula is C29H30. The first-order chi connectivity index (χ1) is 14.1. The zero-order valence-electron chi connectivity index (χ0n) is 18.0. The molecule has 0 bridgehead atoms. The number of benzene rings is 3. The van der Waals surface area contributed by atoms with E-state index in [-0.39, 0.29) is 21.7 Å². The van der Waals surface area contributed by atoms with E-state index in [9.17, 15) is 0 Å². The zero-order chi connectivity index (χ0) is 20.1. The summed E-state index contributed by atoms with van der Waals surface area (Å²) in [6, 6.07) is 28.3. The molecule has 146 valence electrons. The van der Waals surface area contributed by atoms with Crippen molar-refractivity contribution in [3.8, 4) is 0 Å². The lowest BCUT2D eigenvalue weighted by Gasteiger charge is -2.52. The summed E-state index contributed by atoms with van der Waals surface area (Å²) < 4.78 is 0. The van der Waals surface area contributed by atoms with Gasteiger partial charge in [0, 0.05) is 21.7 Å². The molecular weight excluding hydrogens is 348 g/mol. The fourth-order valence-corrected chi connectivity index (χ4v) is 9.03. The Kier molecular flexibility index (Phi) is 3.15. The van der Waals surface area contributed by atoms with Gasteiger partial charge in [0.1, 0.15) is 0 Å². The predicted molar refractivity (Wildman–Crippen MR) is 121 cm³/mol. The van der Waals surface area contributed by atoms with Crippen molar-refractivity contribution >= 4 is 0 Å². The van der Waals surface area contributed by atoms with Gasteiger partial charge in [-0.15, -0.1) is 0 Å². The molecule has 0 fully saturated rings. The molecule has 0 saturated carbocycles. The van der Waals surface area contributed by atoms with E-state index in [1.54, 1.807) is 33.4 Å². The van der Waals surface area contributed by atoms with Crippen LogP contribution in [0.1, 0.15) is 80.3 Å². The molecule has 3 aliphatic carbocycles. The van der Waals surface area contributed by atoms with Gasteiger partial charge in [0.2, 0.25) is 0 Å². The second-order valence-electron chi connectivity index (χ2n) is 9.54. The molecule has 0 heteroatoms. The third-order valence-corrected chi connectivity index (χ3v) is 9.69. The first-order valence-corrected chi connectivity index (χ1v) is 11.4. The van der Waals surface area contributed by atoms with Gasteiger partial charge in [0.25, 0.3) is 0 Å². The molecule has 0 saturated heterocycles. The molecule has 0 unspecified atom stereocenters. The van der Waals surface area contributed by atoms with Crippen molar-refractivity contribution in [2.45, 2.75) is 63.2 Å². The average Bonchev–Trinajstić information content (AvgIpc) is 3.21. The van der Waals surface area contributed by atoms with Crippen molar-refractivity contribution in [3.05, 3.63) is 106 Å². The average molecular weight is 379 g/mol. The van der Waals surface area contributed by atoms with Crippen LogP contribution >= 0.6 is 0 Å². The number of hydrogen-bond donors (Lipinski definition) is 0. The molecule has 3 aromatic carbocycles. The van der Waals surface area contributed by atoms with Crippen LogP contribution in [0.2, 0.25) is 0 Å². The summed E-state index contributed by atoms with van der Waals surface area (Å²) >= 11 is 0. The maximum Gasteiger partial charge on any atom is 0.0283 e. The smallest absolute Gasteiger partial charge is 0.0283 e. The molecule has 0 N–H and O–H groups in total. The highest BCUT2D eigenvalue weighted by Gasteiger charge is 2.81. The molecule has 6 rings (SSSR count). The van der Waals surface area contributed by atoms with E-state index in [1.165, 1.54) is 0 Å². The van der Waals surface area contributed by atoms with Crippen molar-refractivity contribution in [1.29, 1.82) is 0 Å². The molecule has 0 aromatic heterocycles. The van der Waals surface area contributed by atoms with Crippen LogP contribution in [0.25, 0.3) is 0 Å². The topological polar surface area (TPSA) is 0 Å². The molecule has 0 spiro atoms. The zero-order valence-corrected chi connectivity index (χ0v) is 18.0. The Labute approximate surface area is 175 Å². The minimum Gasteiger partial charge on any atom is -0.0642 e. The molecule has 0 amide bonds. The van der Waals surface area contributed by atoms with Crippen LogP contribution in [0.5, 0.6) is 0 Å².